The van der Waals surface area contributed by atoms with Crippen molar-refractivity contribution in [1.82, 2.24) is 0 Å². The van der Waals surface area contributed by atoms with E-state index in [1.165, 1.54) is 0 Å². The molecular weight excluding hydrogens is 77.9 g/mol. The fraction of sp³-hybridized carbons (Fsp3) is 1.00. The van der Waals surface area contributed by atoms with Crippen LogP contribution in [0.3, 0.4) is 0 Å². The van der Waals surface area contributed by atoms with E-state index in [-0.39, 0.29) is 0 Å². The van der Waals surface area contributed by atoms with Crippen LogP contribution in [0.1, 0.15) is 13.3 Å². The average Bonchev–Trinajstić information content (AvgIpc) is 1.35. The molecule has 0 aliphatic carbocycles. The minimum absolute atomic E-state index is 0.602. The summed E-state index contributed by atoms with van der Waals surface area (Å²) in [5.41, 5.74) is 0. The Morgan fingerprint density at radius 2 is 2.17 bits per heavy atom. The van der Waals surface area contributed by atoms with Crippen LogP contribution in [0.2, 0.25) is 13.1 Å². The summed E-state index contributed by atoms with van der Waals surface area (Å²) in [6, 6.07) is 0. The Balaban J connectivity index is 2.63. The van der Waals surface area contributed by atoms with Gasteiger partial charge in [-0.25, -0.2) is 0 Å². The summed E-state index contributed by atoms with van der Waals surface area (Å²) >= 11 is 0. The van der Waals surface area contributed by atoms with Gasteiger partial charge in [-0.3, -0.25) is 0 Å². The maximum atomic E-state index is 11.7. The minimum atomic E-state index is -0.602. The zero-order chi connectivity index (χ0) is 4.99. The predicted molar refractivity (Wildman–Crippen MR) is 27.8 cm³/mol. The molecule has 0 saturated heterocycles. The summed E-state index contributed by atoms with van der Waals surface area (Å²) in [6.45, 7) is 2.97. The summed E-state index contributed by atoms with van der Waals surface area (Å²) in [5, 5.41) is 0. The van der Waals surface area contributed by atoms with Crippen LogP contribution in [0.15, 0.2) is 0 Å². The monoisotopic (exact) mass is 88.1 g/mol. The Hall–Kier alpha value is -0.00506. The maximum Gasteiger partial charge on any atom is 0.345 e. The lowest BCUT2D eigenvalue weighted by Crippen LogP contribution is -1.93. The number of hydrogen-bond donors (Lipinski definition) is 0. The molecule has 0 radical (unpaired) electrons. The molecule has 0 spiro atoms. The van der Waals surface area contributed by atoms with Crippen LogP contribution in [0, 0.1) is 0 Å². The maximum absolute atomic E-state index is 11.7. The second-order valence-corrected chi connectivity index (χ2v) is 1.57. The van der Waals surface area contributed by atoms with Crippen molar-refractivity contribution in [3.05, 3.63) is 0 Å². The molecule has 0 aromatic carbocycles. The van der Waals surface area contributed by atoms with E-state index in [1.807, 2.05) is 6.92 Å². The van der Waals surface area contributed by atoms with Crippen LogP contribution >= 0.6 is 0 Å². The van der Waals surface area contributed by atoms with E-state index < -0.39 is 6.99 Å². The van der Waals surface area contributed by atoms with Crippen molar-refractivity contribution in [2.45, 2.75) is 26.5 Å². The third-order valence-corrected chi connectivity index (χ3v) is 0.686. The molecule has 0 aliphatic rings. The molecule has 0 N–H and O–H groups in total. The number of hydrogen-bond acceptors (Lipinski definition) is 0. The zero-order valence-corrected chi connectivity index (χ0v) is 4.37. The molecule has 0 unspecified atom stereocenters. The smallest absolute Gasteiger partial charge is 0.337 e. The molecular formula is C4H10BF. The Kier molecular flexibility index (Phi) is 3.19. The van der Waals surface area contributed by atoms with Crippen molar-refractivity contribution in [3.8, 4) is 0 Å². The molecule has 0 fully saturated rings. The number of halogens is 1. The van der Waals surface area contributed by atoms with Crippen LogP contribution < -0.4 is 0 Å². The highest BCUT2D eigenvalue weighted by Crippen LogP contribution is 1.94. The highest BCUT2D eigenvalue weighted by molar-refractivity contribution is 6.49. The van der Waals surface area contributed by atoms with Crippen molar-refractivity contribution >= 4 is 6.99 Å². The van der Waals surface area contributed by atoms with E-state index in [9.17, 15) is 4.32 Å². The van der Waals surface area contributed by atoms with Crippen LogP contribution in [0.5, 0.6) is 0 Å². The second kappa shape index (κ2) is 3.20. The lowest BCUT2D eigenvalue weighted by atomic mass is 9.71. The SMILES string of the molecule is CCCB(C)F. The quantitative estimate of drug-likeness (QED) is 0.452. The van der Waals surface area contributed by atoms with Crippen LogP contribution in [0.4, 0.5) is 4.32 Å². The first-order valence-corrected chi connectivity index (χ1v) is 2.41. The first kappa shape index (κ1) is 5.99. The normalized spacial score (nSPS) is 8.50. The minimum Gasteiger partial charge on any atom is -0.337 e. The molecule has 2 heteroatoms. The first-order valence-electron chi connectivity index (χ1n) is 2.41. The van der Waals surface area contributed by atoms with Gasteiger partial charge in [-0.05, 0) is 6.32 Å². The fourth-order valence-electron chi connectivity index (χ4n) is 0.398. The van der Waals surface area contributed by atoms with Crippen LogP contribution in [-0.4, -0.2) is 6.99 Å². The first-order chi connectivity index (χ1) is 2.77. The average molecular weight is 87.9 g/mol. The van der Waals surface area contributed by atoms with Gasteiger partial charge in [-0.2, -0.15) is 0 Å². The third-order valence-electron chi connectivity index (χ3n) is 0.686. The summed E-state index contributed by atoms with van der Waals surface area (Å²) in [4.78, 5) is 0. The molecule has 0 aliphatic heterocycles. The van der Waals surface area contributed by atoms with E-state index in [0.717, 1.165) is 6.42 Å². The molecule has 0 saturated carbocycles. The summed E-state index contributed by atoms with van der Waals surface area (Å²) in [5.74, 6) is 0. The van der Waals surface area contributed by atoms with Crippen molar-refractivity contribution in [2.24, 2.45) is 0 Å². The molecule has 0 amide bonds. The van der Waals surface area contributed by atoms with Crippen molar-refractivity contribution < 1.29 is 4.32 Å². The summed E-state index contributed by atoms with van der Waals surface area (Å²) in [7, 11) is 0. The Morgan fingerprint density at radius 1 is 1.67 bits per heavy atom. The Bertz CT molecular complexity index is 28.7. The highest BCUT2D eigenvalue weighted by Gasteiger charge is 1.99. The molecule has 0 aromatic rings. The lowest BCUT2D eigenvalue weighted by Gasteiger charge is -1.86. The second-order valence-electron chi connectivity index (χ2n) is 1.57. The molecule has 0 rings (SSSR count). The van der Waals surface area contributed by atoms with Gasteiger partial charge < -0.3 is 4.32 Å². The highest BCUT2D eigenvalue weighted by atomic mass is 19.1. The van der Waals surface area contributed by atoms with E-state index in [4.69, 9.17) is 0 Å². The van der Waals surface area contributed by atoms with Crippen molar-refractivity contribution in [3.63, 3.8) is 0 Å². The van der Waals surface area contributed by atoms with Gasteiger partial charge in [0.2, 0.25) is 0 Å². The van der Waals surface area contributed by atoms with Crippen molar-refractivity contribution in [2.75, 3.05) is 0 Å². The molecule has 0 heterocycles. The van der Waals surface area contributed by atoms with Crippen molar-refractivity contribution in [1.29, 1.82) is 0 Å². The third kappa shape index (κ3) is 3.99. The molecule has 0 aromatic heterocycles. The molecule has 0 nitrogen and oxygen atoms in total. The Labute approximate surface area is 38.9 Å². The fourth-order valence-corrected chi connectivity index (χ4v) is 0.398. The van der Waals surface area contributed by atoms with E-state index in [2.05, 4.69) is 0 Å². The van der Waals surface area contributed by atoms with Crippen LogP contribution in [0.25, 0.3) is 0 Å². The van der Waals surface area contributed by atoms with Gasteiger partial charge in [0.15, 0.2) is 0 Å². The summed E-state index contributed by atoms with van der Waals surface area (Å²) in [6.07, 6.45) is 1.66. The van der Waals surface area contributed by atoms with Gasteiger partial charge in [0.25, 0.3) is 0 Å². The van der Waals surface area contributed by atoms with Gasteiger partial charge in [0, 0.05) is 0 Å². The summed E-state index contributed by atoms with van der Waals surface area (Å²) < 4.78 is 11.7. The number of rotatable bonds is 2. The Morgan fingerprint density at radius 3 is 2.17 bits per heavy atom. The standard InChI is InChI=1S/C4H10BF/c1-3-4-5(2)6/h3-4H2,1-2H3. The van der Waals surface area contributed by atoms with Gasteiger partial charge in [-0.1, -0.05) is 20.2 Å². The lowest BCUT2D eigenvalue weighted by molar-refractivity contribution is 0.813. The van der Waals surface area contributed by atoms with E-state index >= 15 is 0 Å². The largest absolute Gasteiger partial charge is 0.345 e. The van der Waals surface area contributed by atoms with E-state index in [0.29, 0.717) is 6.32 Å². The van der Waals surface area contributed by atoms with Gasteiger partial charge in [0.1, 0.15) is 0 Å². The predicted octanol–water partition coefficient (Wildman–Crippen LogP) is 1.99. The van der Waals surface area contributed by atoms with Crippen LogP contribution in [-0.2, 0) is 0 Å². The zero-order valence-electron chi connectivity index (χ0n) is 4.37. The molecule has 6 heavy (non-hydrogen) atoms. The topological polar surface area (TPSA) is 0 Å². The van der Waals surface area contributed by atoms with Gasteiger partial charge >= 0.3 is 6.99 Å². The molecule has 36 valence electrons. The molecule has 0 atom stereocenters. The van der Waals surface area contributed by atoms with E-state index in [1.54, 1.807) is 6.82 Å². The van der Waals surface area contributed by atoms with Gasteiger partial charge in [-0.15, -0.1) is 0 Å². The molecule has 0 bridgehead atoms. The van der Waals surface area contributed by atoms with Gasteiger partial charge in [0.05, 0.1) is 0 Å².